The van der Waals surface area contributed by atoms with Crippen molar-refractivity contribution in [2.24, 2.45) is 16.8 Å². The van der Waals surface area contributed by atoms with Crippen LogP contribution in [0.1, 0.15) is 50.4 Å². The van der Waals surface area contributed by atoms with E-state index in [1.54, 1.807) is 0 Å². The number of aliphatic imine (C=N–C) groups is 1. The van der Waals surface area contributed by atoms with Crippen molar-refractivity contribution < 1.29 is 0 Å². The Morgan fingerprint density at radius 3 is 2.57 bits per heavy atom. The number of guanidine groups is 1. The van der Waals surface area contributed by atoms with E-state index < -0.39 is 0 Å². The predicted octanol–water partition coefficient (Wildman–Crippen LogP) is 3.42. The predicted molar refractivity (Wildman–Crippen MR) is 121 cm³/mol. The van der Waals surface area contributed by atoms with Gasteiger partial charge in [-0.2, -0.15) is 0 Å². The molecule has 1 aromatic heterocycles. The zero-order valence-electron chi connectivity index (χ0n) is 18.0. The van der Waals surface area contributed by atoms with Crippen LogP contribution < -0.4 is 10.6 Å². The van der Waals surface area contributed by atoms with Crippen LogP contribution in [0.2, 0.25) is 0 Å². The molecule has 3 heterocycles. The summed E-state index contributed by atoms with van der Waals surface area (Å²) in [6.45, 7) is 12.1. The molecular formula is C22H39N5S. The molecule has 28 heavy (non-hydrogen) atoms. The van der Waals surface area contributed by atoms with Crippen LogP contribution in [0.15, 0.2) is 22.5 Å². The molecule has 0 bridgehead atoms. The maximum atomic E-state index is 5.01. The summed E-state index contributed by atoms with van der Waals surface area (Å²) in [5.74, 6) is 2.60. The number of rotatable bonds is 7. The van der Waals surface area contributed by atoms with Crippen molar-refractivity contribution in [1.29, 1.82) is 0 Å². The number of likely N-dealkylation sites (tertiary alicyclic amines) is 2. The van der Waals surface area contributed by atoms with E-state index in [9.17, 15) is 0 Å². The fourth-order valence-corrected chi connectivity index (χ4v) is 5.09. The van der Waals surface area contributed by atoms with E-state index in [2.05, 4.69) is 58.8 Å². The van der Waals surface area contributed by atoms with Gasteiger partial charge >= 0.3 is 0 Å². The minimum absolute atomic E-state index is 0.409. The van der Waals surface area contributed by atoms with E-state index in [-0.39, 0.29) is 0 Å². The molecule has 2 aliphatic rings. The van der Waals surface area contributed by atoms with Gasteiger partial charge in [0, 0.05) is 18.0 Å². The third-order valence-electron chi connectivity index (χ3n) is 6.29. The number of piperidine rings is 2. The number of thiophene rings is 1. The minimum atomic E-state index is 0.409. The summed E-state index contributed by atoms with van der Waals surface area (Å²) in [6.07, 6.45) is 5.18. The van der Waals surface area contributed by atoms with Crippen LogP contribution in [-0.2, 0) is 0 Å². The van der Waals surface area contributed by atoms with E-state index in [0.29, 0.717) is 6.04 Å². The molecule has 0 aliphatic carbocycles. The van der Waals surface area contributed by atoms with Crippen LogP contribution in [-0.4, -0.2) is 68.6 Å². The Hall–Kier alpha value is -1.11. The molecular weight excluding hydrogens is 366 g/mol. The molecule has 0 radical (unpaired) electrons. The molecule has 3 rings (SSSR count). The molecule has 2 aliphatic heterocycles. The van der Waals surface area contributed by atoms with E-state index in [0.717, 1.165) is 37.4 Å². The topological polar surface area (TPSA) is 42.9 Å². The maximum Gasteiger partial charge on any atom is 0.191 e. The van der Waals surface area contributed by atoms with Crippen molar-refractivity contribution in [3.8, 4) is 0 Å². The second kappa shape index (κ2) is 11.2. The highest BCUT2D eigenvalue weighted by molar-refractivity contribution is 7.10. The maximum absolute atomic E-state index is 5.01. The lowest BCUT2D eigenvalue weighted by atomic mass is 9.97. The Morgan fingerprint density at radius 1 is 1.18 bits per heavy atom. The smallest absolute Gasteiger partial charge is 0.191 e. The Morgan fingerprint density at radius 2 is 1.93 bits per heavy atom. The highest BCUT2D eigenvalue weighted by atomic mass is 32.1. The third-order valence-corrected chi connectivity index (χ3v) is 7.27. The van der Waals surface area contributed by atoms with E-state index in [4.69, 9.17) is 4.99 Å². The third kappa shape index (κ3) is 6.46. The highest BCUT2D eigenvalue weighted by Crippen LogP contribution is 2.29. The van der Waals surface area contributed by atoms with Crippen molar-refractivity contribution in [2.75, 3.05) is 52.9 Å². The average molecular weight is 406 g/mol. The quantitative estimate of drug-likeness (QED) is 0.539. The van der Waals surface area contributed by atoms with Crippen LogP contribution in [0, 0.1) is 11.8 Å². The first kappa shape index (κ1) is 21.6. The first-order valence-electron chi connectivity index (χ1n) is 11.1. The van der Waals surface area contributed by atoms with Crippen LogP contribution in [0.4, 0.5) is 0 Å². The van der Waals surface area contributed by atoms with Crippen LogP contribution in [0.25, 0.3) is 0 Å². The molecule has 0 amide bonds. The minimum Gasteiger partial charge on any atom is -0.357 e. The van der Waals surface area contributed by atoms with Gasteiger partial charge in [0.2, 0.25) is 0 Å². The molecule has 6 heteroatoms. The summed E-state index contributed by atoms with van der Waals surface area (Å²) in [4.78, 5) is 11.5. The van der Waals surface area contributed by atoms with Gasteiger partial charge in [0.15, 0.2) is 5.96 Å². The SMILES string of the molecule is CCNC(=NCC(c1cccs1)N1CCC(C)CC1)NCC1CCN(C)CC1. The zero-order chi connectivity index (χ0) is 19.8. The molecule has 1 unspecified atom stereocenters. The van der Waals surface area contributed by atoms with Crippen LogP contribution in [0.5, 0.6) is 0 Å². The summed E-state index contributed by atoms with van der Waals surface area (Å²) in [6, 6.07) is 4.86. The van der Waals surface area contributed by atoms with Crippen molar-refractivity contribution in [3.05, 3.63) is 22.4 Å². The largest absolute Gasteiger partial charge is 0.357 e. The molecule has 2 N–H and O–H groups in total. The van der Waals surface area contributed by atoms with E-state index in [1.165, 1.54) is 56.7 Å². The second-order valence-electron chi connectivity index (χ2n) is 8.60. The molecule has 2 saturated heterocycles. The van der Waals surface area contributed by atoms with Gasteiger partial charge < -0.3 is 15.5 Å². The van der Waals surface area contributed by atoms with Gasteiger partial charge in [-0.3, -0.25) is 9.89 Å². The van der Waals surface area contributed by atoms with Gasteiger partial charge in [-0.15, -0.1) is 11.3 Å². The fraction of sp³-hybridized carbons (Fsp3) is 0.773. The van der Waals surface area contributed by atoms with Gasteiger partial charge in [-0.25, -0.2) is 0 Å². The molecule has 158 valence electrons. The molecule has 1 aromatic rings. The molecule has 0 aromatic carbocycles. The first-order valence-corrected chi connectivity index (χ1v) is 12.0. The monoisotopic (exact) mass is 405 g/mol. The lowest BCUT2D eigenvalue weighted by molar-refractivity contribution is 0.143. The zero-order valence-corrected chi connectivity index (χ0v) is 18.8. The molecule has 5 nitrogen and oxygen atoms in total. The van der Waals surface area contributed by atoms with Gasteiger partial charge in [0.05, 0.1) is 12.6 Å². The second-order valence-corrected chi connectivity index (χ2v) is 9.58. The summed E-state index contributed by atoms with van der Waals surface area (Å²) in [5, 5.41) is 9.27. The number of hydrogen-bond donors (Lipinski definition) is 2. The molecule has 0 spiro atoms. The number of nitrogens with zero attached hydrogens (tertiary/aromatic N) is 3. The van der Waals surface area contributed by atoms with Crippen molar-refractivity contribution in [2.45, 2.75) is 45.6 Å². The Kier molecular flexibility index (Phi) is 8.62. The number of hydrogen-bond acceptors (Lipinski definition) is 4. The van der Waals surface area contributed by atoms with Gasteiger partial charge in [-0.1, -0.05) is 13.0 Å². The molecule has 1 atom stereocenters. The van der Waals surface area contributed by atoms with Gasteiger partial charge in [-0.05, 0) is 89.1 Å². The number of nitrogens with one attached hydrogen (secondary N) is 2. The Bertz CT molecular complexity index is 572. The van der Waals surface area contributed by atoms with Crippen LogP contribution >= 0.6 is 11.3 Å². The standard InChI is InChI=1S/C22H39N5S/c1-4-23-22(24-16-19-9-11-26(3)12-10-19)25-17-20(21-6-5-15-28-21)27-13-7-18(2)8-14-27/h5-6,15,18-20H,4,7-14,16-17H2,1-3H3,(H2,23,24,25). The molecule has 2 fully saturated rings. The summed E-state index contributed by atoms with van der Waals surface area (Å²) >= 11 is 1.87. The van der Waals surface area contributed by atoms with E-state index >= 15 is 0 Å². The average Bonchev–Trinajstić information content (AvgIpc) is 3.23. The van der Waals surface area contributed by atoms with Crippen molar-refractivity contribution in [3.63, 3.8) is 0 Å². The van der Waals surface area contributed by atoms with Crippen molar-refractivity contribution in [1.82, 2.24) is 20.4 Å². The van der Waals surface area contributed by atoms with Gasteiger partial charge in [0.1, 0.15) is 0 Å². The Balaban J connectivity index is 1.59. The summed E-state index contributed by atoms with van der Waals surface area (Å²) in [7, 11) is 2.22. The lowest BCUT2D eigenvalue weighted by Crippen LogP contribution is -2.43. The van der Waals surface area contributed by atoms with Crippen LogP contribution in [0.3, 0.4) is 0 Å². The lowest BCUT2D eigenvalue weighted by Gasteiger charge is -2.35. The van der Waals surface area contributed by atoms with E-state index in [1.807, 2.05) is 11.3 Å². The van der Waals surface area contributed by atoms with Crippen molar-refractivity contribution >= 4 is 17.3 Å². The normalized spacial score (nSPS) is 22.3. The fourth-order valence-electron chi connectivity index (χ4n) is 4.23. The Labute approximate surface area is 175 Å². The molecule has 0 saturated carbocycles. The summed E-state index contributed by atoms with van der Waals surface area (Å²) in [5.41, 5.74) is 0. The summed E-state index contributed by atoms with van der Waals surface area (Å²) < 4.78 is 0. The van der Waals surface area contributed by atoms with Gasteiger partial charge in [0.25, 0.3) is 0 Å². The highest BCUT2D eigenvalue weighted by Gasteiger charge is 2.25. The first-order chi connectivity index (χ1) is 13.7.